The van der Waals surface area contributed by atoms with Crippen LogP contribution < -0.4 is 5.32 Å². The lowest BCUT2D eigenvalue weighted by Crippen LogP contribution is -2.18. The minimum absolute atomic E-state index is 0.0151. The average molecular weight is 454 g/mol. The highest BCUT2D eigenvalue weighted by atomic mass is 32.2. The van der Waals surface area contributed by atoms with Crippen molar-refractivity contribution in [3.8, 4) is 11.4 Å². The SMILES string of the molecule is Cc1cccc(NC(=O)CSc2nnc(-c3ccc([N+](=O)[O-])cc3)n2CC2CCCO2)c1. The summed E-state index contributed by atoms with van der Waals surface area (Å²) in [5.41, 5.74) is 2.56. The third-order valence-electron chi connectivity index (χ3n) is 5.10. The van der Waals surface area contributed by atoms with Crippen LogP contribution in [0.1, 0.15) is 18.4 Å². The van der Waals surface area contributed by atoms with Gasteiger partial charge in [0.25, 0.3) is 5.69 Å². The van der Waals surface area contributed by atoms with Crippen LogP contribution in [0.2, 0.25) is 0 Å². The molecule has 1 fully saturated rings. The topological polar surface area (TPSA) is 112 Å². The van der Waals surface area contributed by atoms with E-state index in [0.717, 1.165) is 36.3 Å². The van der Waals surface area contributed by atoms with Crippen molar-refractivity contribution in [1.82, 2.24) is 14.8 Å². The van der Waals surface area contributed by atoms with Crippen LogP contribution in [0.25, 0.3) is 11.4 Å². The van der Waals surface area contributed by atoms with Crippen molar-refractivity contribution in [2.75, 3.05) is 17.7 Å². The number of hydrogen-bond acceptors (Lipinski definition) is 7. The number of nitrogens with one attached hydrogen (secondary N) is 1. The lowest BCUT2D eigenvalue weighted by molar-refractivity contribution is -0.384. The molecule has 0 radical (unpaired) electrons. The van der Waals surface area contributed by atoms with E-state index in [-0.39, 0.29) is 23.5 Å². The maximum absolute atomic E-state index is 12.5. The Labute approximate surface area is 189 Å². The first-order chi connectivity index (χ1) is 15.5. The summed E-state index contributed by atoms with van der Waals surface area (Å²) in [6.45, 7) is 3.25. The summed E-state index contributed by atoms with van der Waals surface area (Å²) in [5.74, 6) is 0.638. The average Bonchev–Trinajstić information content (AvgIpc) is 3.43. The van der Waals surface area contributed by atoms with Crippen molar-refractivity contribution >= 4 is 29.0 Å². The molecule has 1 aromatic heterocycles. The molecule has 2 heterocycles. The van der Waals surface area contributed by atoms with Crippen molar-refractivity contribution in [3.05, 3.63) is 64.2 Å². The molecule has 1 amide bonds. The van der Waals surface area contributed by atoms with Gasteiger partial charge in [-0.25, -0.2) is 0 Å². The van der Waals surface area contributed by atoms with E-state index in [9.17, 15) is 14.9 Å². The Balaban J connectivity index is 1.51. The van der Waals surface area contributed by atoms with E-state index in [0.29, 0.717) is 17.5 Å². The minimum atomic E-state index is -0.436. The number of nitro groups is 1. The van der Waals surface area contributed by atoms with Gasteiger partial charge in [-0.05, 0) is 49.6 Å². The summed E-state index contributed by atoms with van der Waals surface area (Å²) >= 11 is 1.30. The lowest BCUT2D eigenvalue weighted by atomic mass is 10.2. The number of aryl methyl sites for hydroxylation is 1. The Morgan fingerprint density at radius 3 is 2.78 bits per heavy atom. The second-order valence-corrected chi connectivity index (χ2v) is 8.50. The molecule has 32 heavy (non-hydrogen) atoms. The van der Waals surface area contributed by atoms with E-state index >= 15 is 0 Å². The number of benzene rings is 2. The van der Waals surface area contributed by atoms with E-state index in [1.165, 1.54) is 23.9 Å². The van der Waals surface area contributed by atoms with E-state index in [1.807, 2.05) is 35.8 Å². The van der Waals surface area contributed by atoms with Crippen LogP contribution in [0.5, 0.6) is 0 Å². The number of amides is 1. The predicted octanol–water partition coefficient (Wildman–Crippen LogP) is 4.07. The first-order valence-electron chi connectivity index (χ1n) is 10.3. The Morgan fingerprint density at radius 1 is 1.28 bits per heavy atom. The number of nitro benzene ring substituents is 1. The van der Waals surface area contributed by atoms with E-state index in [1.54, 1.807) is 12.1 Å². The van der Waals surface area contributed by atoms with Crippen LogP contribution in [-0.2, 0) is 16.1 Å². The number of carbonyl (C=O) groups is 1. The summed E-state index contributed by atoms with van der Waals surface area (Å²) in [7, 11) is 0. The van der Waals surface area contributed by atoms with Crippen LogP contribution in [0.4, 0.5) is 11.4 Å². The van der Waals surface area contributed by atoms with E-state index in [4.69, 9.17) is 4.74 Å². The molecule has 0 spiro atoms. The molecule has 10 heteroatoms. The highest BCUT2D eigenvalue weighted by Crippen LogP contribution is 2.28. The molecule has 1 saturated heterocycles. The van der Waals surface area contributed by atoms with Crippen LogP contribution in [0.15, 0.2) is 53.7 Å². The maximum atomic E-state index is 12.5. The molecule has 1 atom stereocenters. The van der Waals surface area contributed by atoms with Gasteiger partial charge in [-0.3, -0.25) is 19.5 Å². The predicted molar refractivity (Wildman–Crippen MR) is 122 cm³/mol. The monoisotopic (exact) mass is 453 g/mol. The number of carbonyl (C=O) groups excluding carboxylic acids is 1. The molecule has 9 nitrogen and oxygen atoms in total. The minimum Gasteiger partial charge on any atom is -0.376 e. The highest BCUT2D eigenvalue weighted by molar-refractivity contribution is 7.99. The number of anilines is 1. The van der Waals surface area contributed by atoms with Gasteiger partial charge in [-0.2, -0.15) is 0 Å². The first-order valence-corrected chi connectivity index (χ1v) is 11.3. The number of ether oxygens (including phenoxy) is 1. The van der Waals surface area contributed by atoms with Crippen LogP contribution in [-0.4, -0.2) is 44.1 Å². The first kappa shape index (κ1) is 22.0. The molecule has 0 aliphatic carbocycles. The smallest absolute Gasteiger partial charge is 0.269 e. The molecular weight excluding hydrogens is 430 g/mol. The Bertz CT molecular complexity index is 1110. The van der Waals surface area contributed by atoms with Crippen LogP contribution in [0.3, 0.4) is 0 Å². The molecule has 1 aliphatic rings. The van der Waals surface area contributed by atoms with Gasteiger partial charge in [0.1, 0.15) is 0 Å². The van der Waals surface area contributed by atoms with Gasteiger partial charge in [-0.1, -0.05) is 23.9 Å². The van der Waals surface area contributed by atoms with E-state index in [2.05, 4.69) is 15.5 Å². The zero-order valence-electron chi connectivity index (χ0n) is 17.6. The van der Waals surface area contributed by atoms with Crippen molar-refractivity contribution in [3.63, 3.8) is 0 Å². The molecule has 0 bridgehead atoms. The van der Waals surface area contributed by atoms with Gasteiger partial charge in [0.2, 0.25) is 5.91 Å². The lowest BCUT2D eigenvalue weighted by Gasteiger charge is -2.14. The Kier molecular flexibility index (Phi) is 6.81. The third-order valence-corrected chi connectivity index (χ3v) is 6.06. The standard InChI is InChI=1S/C22H23N5O4S/c1-15-4-2-5-17(12-15)23-20(28)14-32-22-25-24-21(26(22)13-19-6-3-11-31-19)16-7-9-18(10-8-16)27(29)30/h2,4-5,7-10,12,19H,3,6,11,13-14H2,1H3,(H,23,28). The van der Waals surface area contributed by atoms with Crippen molar-refractivity contribution < 1.29 is 14.5 Å². The van der Waals surface area contributed by atoms with Gasteiger partial charge in [-0.15, -0.1) is 10.2 Å². The Hall–Kier alpha value is -3.24. The molecule has 1 unspecified atom stereocenters. The summed E-state index contributed by atoms with van der Waals surface area (Å²) in [6.07, 6.45) is 1.99. The summed E-state index contributed by atoms with van der Waals surface area (Å²) in [5, 5.41) is 23.1. The quantitative estimate of drug-likeness (QED) is 0.311. The summed E-state index contributed by atoms with van der Waals surface area (Å²) in [6, 6.07) is 13.8. The fourth-order valence-corrected chi connectivity index (χ4v) is 4.30. The second-order valence-electron chi connectivity index (χ2n) is 7.56. The fraction of sp³-hybridized carbons (Fsp3) is 0.318. The molecule has 1 N–H and O–H groups in total. The fourth-order valence-electron chi connectivity index (χ4n) is 3.55. The van der Waals surface area contributed by atoms with Gasteiger partial charge >= 0.3 is 0 Å². The van der Waals surface area contributed by atoms with Crippen LogP contribution >= 0.6 is 11.8 Å². The van der Waals surface area contributed by atoms with Gasteiger partial charge in [0.15, 0.2) is 11.0 Å². The molecule has 1 aliphatic heterocycles. The largest absolute Gasteiger partial charge is 0.376 e. The highest BCUT2D eigenvalue weighted by Gasteiger charge is 2.22. The molecule has 3 aromatic rings. The zero-order valence-corrected chi connectivity index (χ0v) is 18.4. The molecular formula is C22H23N5O4S. The number of thioether (sulfide) groups is 1. The van der Waals surface area contributed by atoms with Crippen molar-refractivity contribution in [1.29, 1.82) is 0 Å². The normalized spacial score (nSPS) is 15.6. The summed E-state index contributed by atoms with van der Waals surface area (Å²) in [4.78, 5) is 23.0. The van der Waals surface area contributed by atoms with Gasteiger partial charge in [0, 0.05) is 30.0 Å². The summed E-state index contributed by atoms with van der Waals surface area (Å²) < 4.78 is 7.72. The Morgan fingerprint density at radius 2 is 2.09 bits per heavy atom. The number of nitrogens with zero attached hydrogens (tertiary/aromatic N) is 4. The van der Waals surface area contributed by atoms with Crippen molar-refractivity contribution in [2.24, 2.45) is 0 Å². The molecule has 166 valence electrons. The second kappa shape index (κ2) is 9.92. The number of rotatable bonds is 8. The van der Waals surface area contributed by atoms with E-state index < -0.39 is 4.92 Å². The van der Waals surface area contributed by atoms with Gasteiger partial charge in [0.05, 0.1) is 23.3 Å². The third kappa shape index (κ3) is 5.32. The maximum Gasteiger partial charge on any atom is 0.269 e. The number of hydrogen-bond donors (Lipinski definition) is 1. The van der Waals surface area contributed by atoms with Crippen molar-refractivity contribution in [2.45, 2.75) is 37.6 Å². The molecule has 0 saturated carbocycles. The molecule has 4 rings (SSSR count). The van der Waals surface area contributed by atoms with Crippen LogP contribution in [0, 0.1) is 17.0 Å². The number of non-ortho nitro benzene ring substituents is 1. The number of aromatic nitrogens is 3. The molecule has 2 aromatic carbocycles. The van der Waals surface area contributed by atoms with Gasteiger partial charge < -0.3 is 10.1 Å². The zero-order chi connectivity index (χ0) is 22.5.